The number of fused-ring (bicyclic) bond motifs is 6. The fourth-order valence-electron chi connectivity index (χ4n) is 7.45. The molecule has 3 aliphatic heterocycles. The predicted molar refractivity (Wildman–Crippen MR) is 175 cm³/mol. The van der Waals surface area contributed by atoms with Crippen LogP contribution in [0.25, 0.3) is 6.08 Å². The lowest BCUT2D eigenvalue weighted by molar-refractivity contribution is -0.122. The average Bonchev–Trinajstić information content (AvgIpc) is 3.58. The molecule has 0 saturated carbocycles. The van der Waals surface area contributed by atoms with Gasteiger partial charge in [-0.05, 0) is 77.7 Å². The Morgan fingerprint density at radius 2 is 1.61 bits per heavy atom. The molecule has 1 fully saturated rings. The van der Waals surface area contributed by atoms with Gasteiger partial charge in [0.15, 0.2) is 11.6 Å². The molecule has 0 bridgehead atoms. The lowest BCUT2D eigenvalue weighted by Crippen LogP contribution is -2.49. The maximum Gasteiger partial charge on any atom is 0.238 e. The first kappa shape index (κ1) is 29.3. The van der Waals surface area contributed by atoms with Gasteiger partial charge in [-0.2, -0.15) is 0 Å². The van der Waals surface area contributed by atoms with E-state index in [1.165, 1.54) is 14.2 Å². The molecule has 3 heterocycles. The molecule has 8 heteroatoms. The third kappa shape index (κ3) is 4.31. The van der Waals surface area contributed by atoms with E-state index in [0.29, 0.717) is 40.7 Å². The molecule has 4 aromatic rings. The van der Waals surface area contributed by atoms with E-state index in [1.54, 1.807) is 42.5 Å². The summed E-state index contributed by atoms with van der Waals surface area (Å²) >= 11 is 0. The second-order valence-corrected chi connectivity index (χ2v) is 11.8. The van der Waals surface area contributed by atoms with Gasteiger partial charge in [-0.25, -0.2) is 0 Å². The summed E-state index contributed by atoms with van der Waals surface area (Å²) in [6.45, 7) is 2.58. The maximum absolute atomic E-state index is 15.1. The molecular formula is C38H34N2O6. The Balaban J connectivity index is 1.49. The van der Waals surface area contributed by atoms with Gasteiger partial charge in [-0.15, -0.1) is 0 Å². The number of carbonyl (C=O) groups is 3. The molecule has 46 heavy (non-hydrogen) atoms. The number of benzene rings is 4. The average molecular weight is 615 g/mol. The van der Waals surface area contributed by atoms with Crippen molar-refractivity contribution in [2.24, 2.45) is 5.92 Å². The number of para-hydroxylation sites is 1. The van der Waals surface area contributed by atoms with E-state index in [4.69, 9.17) is 14.2 Å². The highest BCUT2D eigenvalue weighted by atomic mass is 16.5. The van der Waals surface area contributed by atoms with Crippen molar-refractivity contribution in [1.29, 1.82) is 0 Å². The third-order valence-corrected chi connectivity index (χ3v) is 9.41. The van der Waals surface area contributed by atoms with E-state index in [0.717, 1.165) is 17.5 Å². The summed E-state index contributed by atoms with van der Waals surface area (Å²) in [4.78, 5) is 46.7. The minimum Gasteiger partial charge on any atom is -0.497 e. The van der Waals surface area contributed by atoms with Crippen LogP contribution in [-0.4, -0.2) is 49.2 Å². The Morgan fingerprint density at radius 3 is 2.37 bits per heavy atom. The zero-order valence-corrected chi connectivity index (χ0v) is 25.9. The number of anilines is 1. The van der Waals surface area contributed by atoms with Crippen LogP contribution < -0.4 is 19.5 Å². The second kappa shape index (κ2) is 11.5. The summed E-state index contributed by atoms with van der Waals surface area (Å²) in [5.41, 5.74) is 2.34. The molecule has 8 nitrogen and oxygen atoms in total. The van der Waals surface area contributed by atoms with Gasteiger partial charge in [-0.3, -0.25) is 14.4 Å². The normalized spacial score (nSPS) is 22.1. The predicted octanol–water partition coefficient (Wildman–Crippen LogP) is 6.47. The molecule has 0 aliphatic carbocycles. The minimum absolute atomic E-state index is 0.266. The molecule has 1 spiro atoms. The van der Waals surface area contributed by atoms with Gasteiger partial charge in [0.1, 0.15) is 28.7 Å². The van der Waals surface area contributed by atoms with Crippen LogP contribution in [-0.2, 0) is 10.2 Å². The summed E-state index contributed by atoms with van der Waals surface area (Å²) in [6.07, 6.45) is 4.64. The number of carbonyl (C=O) groups excluding carboxylic acids is 3. The molecule has 4 aromatic carbocycles. The Morgan fingerprint density at radius 1 is 0.870 bits per heavy atom. The van der Waals surface area contributed by atoms with E-state index < -0.39 is 23.4 Å². The molecule has 3 aliphatic rings. The topological polar surface area (TPSA) is 94.2 Å². The Kier molecular flexibility index (Phi) is 7.35. The van der Waals surface area contributed by atoms with Gasteiger partial charge < -0.3 is 24.4 Å². The van der Waals surface area contributed by atoms with Crippen molar-refractivity contribution in [2.45, 2.75) is 30.8 Å². The van der Waals surface area contributed by atoms with Crippen LogP contribution in [0.5, 0.6) is 17.2 Å². The van der Waals surface area contributed by atoms with Crippen molar-refractivity contribution in [3.05, 3.63) is 125 Å². The monoisotopic (exact) mass is 614 g/mol. The molecule has 232 valence electrons. The van der Waals surface area contributed by atoms with E-state index in [2.05, 4.69) is 5.32 Å². The van der Waals surface area contributed by atoms with Gasteiger partial charge >= 0.3 is 0 Å². The van der Waals surface area contributed by atoms with Crippen molar-refractivity contribution in [3.63, 3.8) is 0 Å². The summed E-state index contributed by atoms with van der Waals surface area (Å²) in [7, 11) is 3.03. The van der Waals surface area contributed by atoms with Gasteiger partial charge in [0.2, 0.25) is 5.91 Å². The van der Waals surface area contributed by atoms with Crippen LogP contribution in [0.1, 0.15) is 56.8 Å². The first-order valence-electron chi connectivity index (χ1n) is 15.4. The lowest BCUT2D eigenvalue weighted by atomic mass is 9.62. The number of hydrogen-bond acceptors (Lipinski definition) is 7. The molecule has 7 rings (SSSR count). The number of methoxy groups -OCH3 is 2. The smallest absolute Gasteiger partial charge is 0.238 e. The van der Waals surface area contributed by atoms with Gasteiger partial charge in [0.25, 0.3) is 0 Å². The van der Waals surface area contributed by atoms with E-state index >= 15 is 9.59 Å². The van der Waals surface area contributed by atoms with Crippen LogP contribution >= 0.6 is 0 Å². The molecule has 0 aromatic heterocycles. The first-order valence-corrected chi connectivity index (χ1v) is 15.4. The fourth-order valence-corrected chi connectivity index (χ4v) is 7.45. The van der Waals surface area contributed by atoms with E-state index in [-0.39, 0.29) is 23.0 Å². The van der Waals surface area contributed by atoms with Crippen LogP contribution in [0.15, 0.2) is 97.2 Å². The number of rotatable bonds is 9. The first-order chi connectivity index (χ1) is 22.4. The van der Waals surface area contributed by atoms with Crippen LogP contribution in [0, 0.1) is 5.92 Å². The molecule has 0 unspecified atom stereocenters. The number of amides is 1. The van der Waals surface area contributed by atoms with Crippen LogP contribution in [0.4, 0.5) is 5.69 Å². The molecule has 0 radical (unpaired) electrons. The molecule has 1 saturated heterocycles. The largest absolute Gasteiger partial charge is 0.497 e. The maximum atomic E-state index is 15.1. The van der Waals surface area contributed by atoms with Crippen molar-refractivity contribution in [3.8, 4) is 17.2 Å². The van der Waals surface area contributed by atoms with E-state index in [9.17, 15) is 4.79 Å². The summed E-state index contributed by atoms with van der Waals surface area (Å²) in [5, 5.41) is 3.08. The summed E-state index contributed by atoms with van der Waals surface area (Å²) in [5.74, 6) is -0.612. The Hall–Kier alpha value is -5.37. The lowest BCUT2D eigenvalue weighted by Gasteiger charge is -2.38. The summed E-state index contributed by atoms with van der Waals surface area (Å²) < 4.78 is 16.9. The summed E-state index contributed by atoms with van der Waals surface area (Å²) in [6, 6.07) is 25.6. The van der Waals surface area contributed by atoms with Crippen molar-refractivity contribution in [1.82, 2.24) is 4.90 Å². The Bertz CT molecular complexity index is 1880. The van der Waals surface area contributed by atoms with Crippen LogP contribution in [0.3, 0.4) is 0 Å². The second-order valence-electron chi connectivity index (χ2n) is 11.8. The highest BCUT2D eigenvalue weighted by Crippen LogP contribution is 2.62. The zero-order valence-electron chi connectivity index (χ0n) is 25.9. The van der Waals surface area contributed by atoms with Gasteiger partial charge in [0, 0.05) is 17.5 Å². The zero-order chi connectivity index (χ0) is 32.0. The highest BCUT2D eigenvalue weighted by Gasteiger charge is 2.70. The van der Waals surface area contributed by atoms with Gasteiger partial charge in [-0.1, -0.05) is 49.4 Å². The standard InChI is InChI=1S/C38H34N2O6/c1-4-21-46-25-15-13-24(14-16-25)34(41)32-33(35(42)28-22-26(44-2)17-18-31(28)45-3)40-20-19-23-9-5-6-10-27(23)36(40)38(32)29-11-7-8-12-30(29)39-37(38)43/h5-20,22,32-33,36H,4,21H2,1-3H3,(H,39,43)/t32-,33-,36-,38-/m1/s1. The highest BCUT2D eigenvalue weighted by molar-refractivity contribution is 6.17. The fraction of sp³-hybridized carbons (Fsp3) is 0.237. The molecule has 1 N–H and O–H groups in total. The molecule has 1 amide bonds. The number of nitrogens with one attached hydrogen (secondary N) is 1. The molecular weight excluding hydrogens is 580 g/mol. The van der Waals surface area contributed by atoms with Crippen molar-refractivity contribution < 1.29 is 28.6 Å². The quantitative estimate of drug-likeness (QED) is 0.216. The third-order valence-electron chi connectivity index (χ3n) is 9.41. The Labute approximate surface area is 267 Å². The SMILES string of the molecule is CCCOc1ccc(C(=O)[C@H]2[C@H](C(=O)c3cc(OC)ccc3OC)N3C=Cc4ccccc4[C@@H]3[C@]23C(=O)Nc2ccccc23)cc1. The number of ketones is 2. The number of nitrogens with zero attached hydrogens (tertiary/aromatic N) is 1. The van der Waals surface area contributed by atoms with Crippen molar-refractivity contribution in [2.75, 3.05) is 26.1 Å². The van der Waals surface area contributed by atoms with E-state index in [1.807, 2.05) is 72.6 Å². The minimum atomic E-state index is -1.43. The van der Waals surface area contributed by atoms with Crippen molar-refractivity contribution >= 4 is 29.2 Å². The molecule has 4 atom stereocenters. The number of hydrogen-bond donors (Lipinski definition) is 1. The number of ether oxygens (including phenoxy) is 3. The van der Waals surface area contributed by atoms with Crippen LogP contribution in [0.2, 0.25) is 0 Å². The number of Topliss-reactive ketones (excluding diaryl/α,β-unsaturated/α-hetero) is 2. The van der Waals surface area contributed by atoms with Gasteiger partial charge in [0.05, 0.1) is 38.3 Å².